The molecule has 0 spiro atoms. The summed E-state index contributed by atoms with van der Waals surface area (Å²) in [7, 11) is 0. The van der Waals surface area contributed by atoms with E-state index in [4.69, 9.17) is 9.47 Å². The van der Waals surface area contributed by atoms with Crippen molar-refractivity contribution in [1.82, 2.24) is 0 Å². The van der Waals surface area contributed by atoms with E-state index in [1.54, 1.807) is 18.7 Å². The van der Waals surface area contributed by atoms with Gasteiger partial charge in [0.15, 0.2) is 0 Å². The third kappa shape index (κ3) is 4.10. The second-order valence-electron chi connectivity index (χ2n) is 4.32. The lowest BCUT2D eigenvalue weighted by atomic mass is 9.90. The smallest absolute Gasteiger partial charge is 0.426 e. The number of hydrogen-bond donors (Lipinski definition) is 0. The normalized spacial score (nSPS) is 16.5. The van der Waals surface area contributed by atoms with Gasteiger partial charge in [-0.05, 0) is 30.9 Å². The predicted octanol–water partition coefficient (Wildman–Crippen LogP) is 3.94. The Kier molecular flexibility index (Phi) is 4.42. The molecule has 1 aromatic carbocycles. The van der Waals surface area contributed by atoms with Gasteiger partial charge in [0, 0.05) is 0 Å². The fraction of sp³-hybridized carbons (Fsp3) is 0.429. The number of carbonyl (C=O) groups is 1. The van der Waals surface area contributed by atoms with E-state index in [1.807, 2.05) is 18.2 Å². The topological polar surface area (TPSA) is 35.5 Å². The molecular formula is C14H17O3. The molecule has 0 atom stereocenters. The summed E-state index contributed by atoms with van der Waals surface area (Å²) < 4.78 is 10.0. The van der Waals surface area contributed by atoms with Gasteiger partial charge in [-0.2, -0.15) is 0 Å². The van der Waals surface area contributed by atoms with Crippen molar-refractivity contribution in [2.75, 3.05) is 0 Å². The molecule has 0 heterocycles. The Hall–Kier alpha value is -1.51. The minimum Gasteiger partial charge on any atom is -0.426 e. The lowest BCUT2D eigenvalue weighted by Gasteiger charge is -2.19. The highest BCUT2D eigenvalue weighted by molar-refractivity contribution is 5.64. The molecule has 1 aliphatic rings. The Bertz CT molecular complexity index is 342. The number of carbonyl (C=O) groups excluding carboxylic acids is 1. The molecule has 0 aliphatic heterocycles. The van der Waals surface area contributed by atoms with Gasteiger partial charge in [-0.25, -0.2) is 4.79 Å². The summed E-state index contributed by atoms with van der Waals surface area (Å²) in [6.07, 6.45) is 5.30. The minimum atomic E-state index is -0.651. The standard InChI is InChI=1S/C14H17O3/c15-14(17-13-9-5-2-6-10-13)16-11-12-7-3-1-4-8-12/h2,5-6,9-12H,1,3-4,7-8H2. The number of ether oxygens (including phenoxy) is 2. The minimum absolute atomic E-state index is 0.395. The summed E-state index contributed by atoms with van der Waals surface area (Å²) in [6, 6.07) is 8.94. The molecule has 1 aromatic rings. The summed E-state index contributed by atoms with van der Waals surface area (Å²) in [6.45, 7) is 1.63. The lowest BCUT2D eigenvalue weighted by molar-refractivity contribution is 0.107. The maximum absolute atomic E-state index is 11.4. The molecule has 1 saturated carbocycles. The van der Waals surface area contributed by atoms with Crippen molar-refractivity contribution in [3.05, 3.63) is 36.9 Å². The molecule has 0 amide bonds. The first-order valence-corrected chi connectivity index (χ1v) is 6.11. The van der Waals surface area contributed by atoms with Gasteiger partial charge in [-0.1, -0.05) is 37.5 Å². The average molecular weight is 233 g/mol. The molecule has 0 saturated heterocycles. The zero-order chi connectivity index (χ0) is 11.9. The van der Waals surface area contributed by atoms with Crippen molar-refractivity contribution in [1.29, 1.82) is 0 Å². The van der Waals surface area contributed by atoms with Crippen LogP contribution in [0, 0.1) is 12.5 Å². The first-order chi connectivity index (χ1) is 8.34. The molecule has 0 aromatic heterocycles. The fourth-order valence-corrected chi connectivity index (χ4v) is 2.03. The largest absolute Gasteiger partial charge is 0.514 e. The molecule has 2 rings (SSSR count). The highest BCUT2D eigenvalue weighted by Gasteiger charge is 2.17. The highest BCUT2D eigenvalue weighted by Crippen LogP contribution is 2.26. The predicted molar refractivity (Wildman–Crippen MR) is 64.4 cm³/mol. The van der Waals surface area contributed by atoms with Gasteiger partial charge >= 0.3 is 6.16 Å². The molecule has 0 unspecified atom stereocenters. The van der Waals surface area contributed by atoms with Gasteiger partial charge < -0.3 is 9.47 Å². The van der Waals surface area contributed by atoms with Crippen LogP contribution in [0.2, 0.25) is 0 Å². The van der Waals surface area contributed by atoms with E-state index in [-0.39, 0.29) is 0 Å². The van der Waals surface area contributed by atoms with Crippen LogP contribution in [0.3, 0.4) is 0 Å². The van der Waals surface area contributed by atoms with Crippen LogP contribution in [-0.2, 0) is 4.74 Å². The van der Waals surface area contributed by atoms with Gasteiger partial charge in [0.05, 0.1) is 0 Å². The zero-order valence-electron chi connectivity index (χ0n) is 9.80. The quantitative estimate of drug-likeness (QED) is 0.586. The summed E-state index contributed by atoms with van der Waals surface area (Å²) in [5, 5.41) is 0. The van der Waals surface area contributed by atoms with Crippen molar-refractivity contribution in [2.45, 2.75) is 32.1 Å². The van der Waals surface area contributed by atoms with Crippen molar-refractivity contribution in [3.63, 3.8) is 0 Å². The van der Waals surface area contributed by atoms with E-state index < -0.39 is 6.16 Å². The second-order valence-corrected chi connectivity index (χ2v) is 4.32. The van der Waals surface area contributed by atoms with Gasteiger partial charge in [0.1, 0.15) is 12.4 Å². The van der Waals surface area contributed by atoms with Crippen molar-refractivity contribution in [3.8, 4) is 5.75 Å². The number of rotatable bonds is 3. The number of hydrogen-bond acceptors (Lipinski definition) is 3. The first-order valence-electron chi connectivity index (χ1n) is 6.11. The summed E-state index contributed by atoms with van der Waals surface area (Å²) in [5.74, 6) is 0.904. The van der Waals surface area contributed by atoms with Crippen LogP contribution in [0.1, 0.15) is 32.1 Å². The Morgan fingerprint density at radius 2 is 1.82 bits per heavy atom. The first kappa shape index (κ1) is 12.0. The van der Waals surface area contributed by atoms with E-state index in [2.05, 4.69) is 0 Å². The molecule has 3 nitrogen and oxygen atoms in total. The Morgan fingerprint density at radius 1 is 1.12 bits per heavy atom. The summed E-state index contributed by atoms with van der Waals surface area (Å²) in [5.41, 5.74) is 0. The van der Waals surface area contributed by atoms with Crippen molar-refractivity contribution in [2.24, 2.45) is 5.92 Å². The van der Waals surface area contributed by atoms with Gasteiger partial charge in [-0.15, -0.1) is 0 Å². The van der Waals surface area contributed by atoms with Gasteiger partial charge in [-0.3, -0.25) is 0 Å². The van der Waals surface area contributed by atoms with Crippen LogP contribution in [0.25, 0.3) is 0 Å². The summed E-state index contributed by atoms with van der Waals surface area (Å²) >= 11 is 0. The van der Waals surface area contributed by atoms with E-state index in [0.29, 0.717) is 11.7 Å². The van der Waals surface area contributed by atoms with E-state index in [1.165, 1.54) is 19.3 Å². The second kappa shape index (κ2) is 6.28. The fourth-order valence-electron chi connectivity index (χ4n) is 2.03. The molecule has 1 aliphatic carbocycles. The third-order valence-electron chi connectivity index (χ3n) is 2.95. The van der Waals surface area contributed by atoms with E-state index in [0.717, 1.165) is 12.8 Å². The van der Waals surface area contributed by atoms with Crippen LogP contribution in [0.4, 0.5) is 4.79 Å². The maximum atomic E-state index is 11.4. The lowest BCUT2D eigenvalue weighted by Crippen LogP contribution is -2.14. The van der Waals surface area contributed by atoms with E-state index >= 15 is 0 Å². The molecular weight excluding hydrogens is 216 g/mol. The van der Waals surface area contributed by atoms with Gasteiger partial charge in [0.2, 0.25) is 0 Å². The van der Waals surface area contributed by atoms with Crippen LogP contribution in [0.15, 0.2) is 30.3 Å². The monoisotopic (exact) mass is 233 g/mol. The average Bonchev–Trinajstić information content (AvgIpc) is 2.39. The van der Waals surface area contributed by atoms with Gasteiger partial charge in [0.25, 0.3) is 0 Å². The van der Waals surface area contributed by atoms with Crippen molar-refractivity contribution >= 4 is 6.16 Å². The molecule has 1 fully saturated rings. The Balaban J connectivity index is 1.70. The molecule has 91 valence electrons. The Morgan fingerprint density at radius 3 is 2.53 bits per heavy atom. The van der Waals surface area contributed by atoms with Crippen LogP contribution >= 0.6 is 0 Å². The molecule has 0 N–H and O–H groups in total. The summed E-state index contributed by atoms with van der Waals surface area (Å²) in [4.78, 5) is 11.4. The maximum Gasteiger partial charge on any atom is 0.514 e. The zero-order valence-corrected chi connectivity index (χ0v) is 9.80. The van der Waals surface area contributed by atoms with Crippen molar-refractivity contribution < 1.29 is 14.3 Å². The number of benzene rings is 1. The Labute approximate surface area is 102 Å². The molecule has 3 heteroatoms. The third-order valence-corrected chi connectivity index (χ3v) is 2.95. The molecule has 1 radical (unpaired) electrons. The molecule has 0 bridgehead atoms. The van der Waals surface area contributed by atoms with E-state index in [9.17, 15) is 4.79 Å². The molecule has 17 heavy (non-hydrogen) atoms. The number of para-hydroxylation sites is 1. The van der Waals surface area contributed by atoms with Crippen LogP contribution in [-0.4, -0.2) is 6.16 Å². The van der Waals surface area contributed by atoms with Crippen LogP contribution < -0.4 is 4.74 Å². The van der Waals surface area contributed by atoms with Crippen LogP contribution in [0.5, 0.6) is 5.75 Å². The highest BCUT2D eigenvalue weighted by atomic mass is 16.7. The SMILES string of the molecule is O=C(O[CH]C1CCCCC1)Oc1ccccc1.